The van der Waals surface area contributed by atoms with Crippen LogP contribution in [0.4, 0.5) is 5.95 Å². The summed E-state index contributed by atoms with van der Waals surface area (Å²) in [7, 11) is 1.70. The molecule has 1 aliphatic rings. The van der Waals surface area contributed by atoms with E-state index in [1.54, 1.807) is 19.5 Å². The Hall–Kier alpha value is -3.10. The summed E-state index contributed by atoms with van der Waals surface area (Å²) in [5.41, 5.74) is 4.88. The van der Waals surface area contributed by atoms with E-state index in [0.717, 1.165) is 53.4 Å². The van der Waals surface area contributed by atoms with Gasteiger partial charge in [0.05, 0.1) is 42.1 Å². The van der Waals surface area contributed by atoms with E-state index < -0.39 is 0 Å². The summed E-state index contributed by atoms with van der Waals surface area (Å²) in [6.07, 6.45) is 11.8. The summed E-state index contributed by atoms with van der Waals surface area (Å²) in [6, 6.07) is 8.54. The fraction of sp³-hybridized carbons (Fsp3) is 0.391. The first-order valence-electron chi connectivity index (χ1n) is 10.7. The van der Waals surface area contributed by atoms with Crippen LogP contribution in [0.5, 0.6) is 0 Å². The van der Waals surface area contributed by atoms with E-state index in [9.17, 15) is 0 Å². The summed E-state index contributed by atoms with van der Waals surface area (Å²) in [5, 5.41) is 8.17. The molecular formula is C23H26N6O2. The van der Waals surface area contributed by atoms with Gasteiger partial charge in [0.15, 0.2) is 0 Å². The number of anilines is 1. The Balaban J connectivity index is 1.27. The van der Waals surface area contributed by atoms with Gasteiger partial charge >= 0.3 is 0 Å². The second kappa shape index (κ2) is 8.95. The number of benzene rings is 1. The lowest BCUT2D eigenvalue weighted by molar-refractivity contribution is -0.00158. The van der Waals surface area contributed by atoms with Crippen molar-refractivity contribution < 1.29 is 9.47 Å². The molecular weight excluding hydrogens is 392 g/mol. The quantitative estimate of drug-likeness (QED) is 0.458. The zero-order chi connectivity index (χ0) is 21.0. The molecule has 0 radical (unpaired) electrons. The van der Waals surface area contributed by atoms with Crippen LogP contribution in [0.2, 0.25) is 0 Å². The predicted octanol–water partition coefficient (Wildman–Crippen LogP) is 3.73. The van der Waals surface area contributed by atoms with Crippen LogP contribution < -0.4 is 5.32 Å². The minimum absolute atomic E-state index is 0.329. The van der Waals surface area contributed by atoms with E-state index in [-0.39, 0.29) is 0 Å². The molecule has 8 heteroatoms. The van der Waals surface area contributed by atoms with Gasteiger partial charge in [-0.1, -0.05) is 6.07 Å². The van der Waals surface area contributed by atoms with Gasteiger partial charge in [-0.15, -0.1) is 5.10 Å². The standard InChI is InChI=1S/C23H26N6O2/c1-30-12-13-31-18-5-3-17(4-6-18)27-23-26-15-22-19(8-11-29(22)28-23)16-2-7-20-21(14-16)25-10-9-24-20/h2,7-11,14-15,17-18H,3-6,12-13H2,1H3,(H,27,28). The molecule has 4 aromatic rings. The van der Waals surface area contributed by atoms with E-state index in [0.29, 0.717) is 31.3 Å². The Labute approximate surface area is 180 Å². The number of aromatic nitrogens is 5. The normalized spacial score (nSPS) is 19.1. The molecule has 0 bridgehead atoms. The summed E-state index contributed by atoms with van der Waals surface area (Å²) in [6.45, 7) is 1.32. The Morgan fingerprint density at radius 1 is 1.00 bits per heavy atom. The van der Waals surface area contributed by atoms with Gasteiger partial charge in [0.25, 0.3) is 0 Å². The Morgan fingerprint density at radius 3 is 2.68 bits per heavy atom. The van der Waals surface area contributed by atoms with Crippen molar-refractivity contribution in [2.45, 2.75) is 37.8 Å². The molecule has 0 aliphatic heterocycles. The summed E-state index contributed by atoms with van der Waals surface area (Å²) in [4.78, 5) is 13.3. The topological polar surface area (TPSA) is 86.5 Å². The van der Waals surface area contributed by atoms with E-state index in [2.05, 4.69) is 43.6 Å². The number of rotatable bonds is 7. The van der Waals surface area contributed by atoms with Crippen LogP contribution in [-0.4, -0.2) is 57.0 Å². The molecule has 0 amide bonds. The van der Waals surface area contributed by atoms with E-state index in [1.807, 2.05) is 23.0 Å². The molecule has 31 heavy (non-hydrogen) atoms. The fourth-order valence-corrected chi connectivity index (χ4v) is 4.20. The molecule has 0 atom stereocenters. The van der Waals surface area contributed by atoms with Crippen molar-refractivity contribution in [1.29, 1.82) is 0 Å². The molecule has 3 aromatic heterocycles. The number of ether oxygens (including phenoxy) is 2. The molecule has 1 aromatic carbocycles. The monoisotopic (exact) mass is 418 g/mol. The van der Waals surface area contributed by atoms with Gasteiger partial charge in [0.2, 0.25) is 5.95 Å². The lowest BCUT2D eigenvalue weighted by Gasteiger charge is -2.29. The molecule has 1 N–H and O–H groups in total. The van der Waals surface area contributed by atoms with Crippen LogP contribution in [0.25, 0.3) is 27.7 Å². The number of methoxy groups -OCH3 is 1. The van der Waals surface area contributed by atoms with Crippen LogP contribution >= 0.6 is 0 Å². The Kier molecular flexibility index (Phi) is 5.73. The molecule has 1 fully saturated rings. The minimum atomic E-state index is 0.329. The van der Waals surface area contributed by atoms with Gasteiger partial charge in [0, 0.05) is 37.3 Å². The van der Waals surface area contributed by atoms with Crippen molar-refractivity contribution in [1.82, 2.24) is 24.6 Å². The molecule has 1 saturated carbocycles. The largest absolute Gasteiger partial charge is 0.382 e. The number of hydrogen-bond acceptors (Lipinski definition) is 7. The van der Waals surface area contributed by atoms with E-state index >= 15 is 0 Å². The Morgan fingerprint density at radius 2 is 1.84 bits per heavy atom. The van der Waals surface area contributed by atoms with Crippen molar-refractivity contribution in [3.8, 4) is 11.1 Å². The summed E-state index contributed by atoms with van der Waals surface area (Å²) in [5.74, 6) is 0.655. The zero-order valence-corrected chi connectivity index (χ0v) is 17.6. The van der Waals surface area contributed by atoms with Gasteiger partial charge in [-0.2, -0.15) is 0 Å². The van der Waals surface area contributed by atoms with Crippen molar-refractivity contribution in [3.05, 3.63) is 49.1 Å². The number of fused-ring (bicyclic) bond motifs is 2. The summed E-state index contributed by atoms with van der Waals surface area (Å²) < 4.78 is 12.8. The Bertz CT molecular complexity index is 1170. The minimum Gasteiger partial charge on any atom is -0.382 e. The molecule has 1 aliphatic carbocycles. The number of nitrogens with zero attached hydrogens (tertiary/aromatic N) is 5. The highest BCUT2D eigenvalue weighted by Gasteiger charge is 2.22. The van der Waals surface area contributed by atoms with Crippen LogP contribution in [0, 0.1) is 0 Å². The first-order chi connectivity index (χ1) is 15.3. The highest BCUT2D eigenvalue weighted by atomic mass is 16.5. The molecule has 0 unspecified atom stereocenters. The van der Waals surface area contributed by atoms with Gasteiger partial charge in [0.1, 0.15) is 0 Å². The van der Waals surface area contributed by atoms with Crippen LogP contribution in [0.15, 0.2) is 49.1 Å². The first-order valence-corrected chi connectivity index (χ1v) is 10.7. The highest BCUT2D eigenvalue weighted by molar-refractivity contribution is 5.86. The van der Waals surface area contributed by atoms with Crippen molar-refractivity contribution >= 4 is 22.5 Å². The predicted molar refractivity (Wildman–Crippen MR) is 119 cm³/mol. The van der Waals surface area contributed by atoms with Crippen molar-refractivity contribution in [2.24, 2.45) is 0 Å². The van der Waals surface area contributed by atoms with Gasteiger partial charge in [-0.05, 0) is 49.4 Å². The van der Waals surface area contributed by atoms with Crippen LogP contribution in [0.3, 0.4) is 0 Å². The first kappa shape index (κ1) is 19.8. The lowest BCUT2D eigenvalue weighted by atomic mass is 9.93. The van der Waals surface area contributed by atoms with Crippen LogP contribution in [-0.2, 0) is 9.47 Å². The molecule has 3 heterocycles. The number of hydrogen-bond donors (Lipinski definition) is 1. The van der Waals surface area contributed by atoms with Crippen molar-refractivity contribution in [3.63, 3.8) is 0 Å². The van der Waals surface area contributed by atoms with Gasteiger partial charge in [-0.25, -0.2) is 9.50 Å². The fourth-order valence-electron chi connectivity index (χ4n) is 4.20. The second-order valence-electron chi connectivity index (χ2n) is 7.88. The average molecular weight is 419 g/mol. The second-order valence-corrected chi connectivity index (χ2v) is 7.88. The van der Waals surface area contributed by atoms with E-state index in [1.165, 1.54) is 0 Å². The maximum absolute atomic E-state index is 5.85. The lowest BCUT2D eigenvalue weighted by Crippen LogP contribution is -2.31. The molecule has 160 valence electrons. The van der Waals surface area contributed by atoms with Crippen molar-refractivity contribution in [2.75, 3.05) is 25.6 Å². The highest BCUT2D eigenvalue weighted by Crippen LogP contribution is 2.28. The third-order valence-corrected chi connectivity index (χ3v) is 5.85. The summed E-state index contributed by atoms with van der Waals surface area (Å²) >= 11 is 0. The van der Waals surface area contributed by atoms with Crippen LogP contribution in [0.1, 0.15) is 25.7 Å². The maximum atomic E-state index is 5.85. The van der Waals surface area contributed by atoms with E-state index in [4.69, 9.17) is 9.47 Å². The third kappa shape index (κ3) is 4.35. The average Bonchev–Trinajstić information content (AvgIpc) is 3.23. The SMILES string of the molecule is COCCOC1CCC(Nc2ncc3c(-c4ccc5nccnc5c4)ccn3n2)CC1. The molecule has 8 nitrogen and oxygen atoms in total. The smallest absolute Gasteiger partial charge is 0.241 e. The molecule has 0 spiro atoms. The molecule has 5 rings (SSSR count). The third-order valence-electron chi connectivity index (χ3n) is 5.85. The maximum Gasteiger partial charge on any atom is 0.241 e. The molecule has 0 saturated heterocycles. The zero-order valence-electron chi connectivity index (χ0n) is 17.6. The van der Waals surface area contributed by atoms with Gasteiger partial charge < -0.3 is 14.8 Å². The number of nitrogens with one attached hydrogen (secondary N) is 1. The van der Waals surface area contributed by atoms with Gasteiger partial charge in [-0.3, -0.25) is 9.97 Å².